The van der Waals surface area contributed by atoms with Crippen LogP contribution in [-0.2, 0) is 4.79 Å². The van der Waals surface area contributed by atoms with Gasteiger partial charge in [-0.3, -0.25) is 4.79 Å². The quantitative estimate of drug-likeness (QED) is 0.685. The molecule has 0 unspecified atom stereocenters. The summed E-state index contributed by atoms with van der Waals surface area (Å²) in [5.74, 6) is 0.916. The topological polar surface area (TPSA) is 67.2 Å². The lowest BCUT2D eigenvalue weighted by Gasteiger charge is -2.29. The second-order valence-electron chi connectivity index (χ2n) is 7.73. The standard InChI is InChI=1S/C21H21FN6O/c1-14(29)27-12-16-11-26(13-19(16)20(27)15-6-5-7-17(22)10-15)21-23-24-25-28(21)18-8-3-2-4-9-18/h2-10,16,19-20H,11-13H2,1H3/t16-,19-,20+/m1/s1. The van der Waals surface area contributed by atoms with Gasteiger partial charge in [-0.25, -0.2) is 4.39 Å². The van der Waals surface area contributed by atoms with E-state index in [1.54, 1.807) is 23.7 Å². The van der Waals surface area contributed by atoms with Gasteiger partial charge in [0.05, 0.1) is 11.7 Å². The number of hydrogen-bond donors (Lipinski definition) is 0. The summed E-state index contributed by atoms with van der Waals surface area (Å²) in [6.07, 6.45) is 0. The number of para-hydroxylation sites is 1. The maximum atomic E-state index is 13.9. The van der Waals surface area contributed by atoms with Crippen LogP contribution in [0.4, 0.5) is 10.3 Å². The molecule has 1 amide bonds. The Morgan fingerprint density at radius 1 is 1.07 bits per heavy atom. The zero-order chi connectivity index (χ0) is 20.0. The van der Waals surface area contributed by atoms with Gasteiger partial charge in [-0.2, -0.15) is 4.68 Å². The smallest absolute Gasteiger partial charge is 0.250 e. The van der Waals surface area contributed by atoms with Crippen molar-refractivity contribution in [1.82, 2.24) is 25.1 Å². The number of carbonyl (C=O) groups excluding carboxylic acids is 1. The highest BCUT2D eigenvalue weighted by molar-refractivity contribution is 5.74. The van der Waals surface area contributed by atoms with Crippen LogP contribution in [0.15, 0.2) is 54.6 Å². The van der Waals surface area contributed by atoms with Crippen molar-refractivity contribution in [3.63, 3.8) is 0 Å². The molecule has 0 N–H and O–H groups in total. The first-order valence-corrected chi connectivity index (χ1v) is 9.73. The Kier molecular flexibility index (Phi) is 4.26. The van der Waals surface area contributed by atoms with Crippen LogP contribution in [0.3, 0.4) is 0 Å². The average molecular weight is 392 g/mol. The third-order valence-electron chi connectivity index (χ3n) is 6.00. The monoisotopic (exact) mass is 392 g/mol. The van der Waals surface area contributed by atoms with Gasteiger partial charge in [0.1, 0.15) is 5.82 Å². The van der Waals surface area contributed by atoms with Gasteiger partial charge in [-0.15, -0.1) is 0 Å². The summed E-state index contributed by atoms with van der Waals surface area (Å²) in [4.78, 5) is 16.3. The highest BCUT2D eigenvalue weighted by Crippen LogP contribution is 2.45. The van der Waals surface area contributed by atoms with E-state index in [0.717, 1.165) is 17.8 Å². The molecule has 2 aliphatic heterocycles. The highest BCUT2D eigenvalue weighted by Gasteiger charge is 2.49. The van der Waals surface area contributed by atoms with Crippen molar-refractivity contribution < 1.29 is 9.18 Å². The number of anilines is 1. The summed E-state index contributed by atoms with van der Waals surface area (Å²) < 4.78 is 15.6. The van der Waals surface area contributed by atoms with Crippen molar-refractivity contribution in [2.75, 3.05) is 24.5 Å². The summed E-state index contributed by atoms with van der Waals surface area (Å²) in [6.45, 7) is 3.71. The van der Waals surface area contributed by atoms with E-state index in [2.05, 4.69) is 20.4 Å². The second-order valence-corrected chi connectivity index (χ2v) is 7.73. The minimum absolute atomic E-state index is 0.0225. The molecule has 29 heavy (non-hydrogen) atoms. The lowest BCUT2D eigenvalue weighted by molar-refractivity contribution is -0.130. The molecule has 2 fully saturated rings. The van der Waals surface area contributed by atoms with E-state index < -0.39 is 0 Å². The molecule has 0 spiro atoms. The van der Waals surface area contributed by atoms with Crippen LogP contribution >= 0.6 is 0 Å². The van der Waals surface area contributed by atoms with Crippen molar-refractivity contribution >= 4 is 11.9 Å². The average Bonchev–Trinajstić information content (AvgIpc) is 3.42. The molecule has 148 valence electrons. The predicted molar refractivity (Wildman–Crippen MR) is 105 cm³/mol. The number of rotatable bonds is 3. The van der Waals surface area contributed by atoms with Crippen LogP contribution in [0.5, 0.6) is 0 Å². The minimum Gasteiger partial charge on any atom is -0.339 e. The molecule has 7 nitrogen and oxygen atoms in total. The molecule has 3 heterocycles. The minimum atomic E-state index is -0.280. The molecule has 3 aromatic rings. The fourth-order valence-electron chi connectivity index (χ4n) is 4.77. The van der Waals surface area contributed by atoms with Gasteiger partial charge in [0, 0.05) is 38.4 Å². The van der Waals surface area contributed by atoms with Gasteiger partial charge in [0.25, 0.3) is 0 Å². The van der Waals surface area contributed by atoms with Crippen molar-refractivity contribution in [2.24, 2.45) is 11.8 Å². The van der Waals surface area contributed by atoms with Gasteiger partial charge in [-0.05, 0) is 40.3 Å². The van der Waals surface area contributed by atoms with Gasteiger partial charge < -0.3 is 9.80 Å². The first-order valence-electron chi connectivity index (χ1n) is 9.73. The first kappa shape index (κ1) is 17.8. The zero-order valence-corrected chi connectivity index (χ0v) is 16.0. The van der Waals surface area contributed by atoms with E-state index in [1.165, 1.54) is 6.07 Å². The lowest BCUT2D eigenvalue weighted by Crippen LogP contribution is -2.35. The van der Waals surface area contributed by atoms with Crippen molar-refractivity contribution in [2.45, 2.75) is 13.0 Å². The zero-order valence-electron chi connectivity index (χ0n) is 16.0. The number of likely N-dealkylation sites (tertiary alicyclic amines) is 1. The molecule has 2 aromatic carbocycles. The van der Waals surface area contributed by atoms with Crippen LogP contribution in [-0.4, -0.2) is 50.6 Å². The van der Waals surface area contributed by atoms with Gasteiger partial charge in [0.15, 0.2) is 0 Å². The molecule has 1 aromatic heterocycles. The first-order chi connectivity index (χ1) is 14.1. The Balaban J connectivity index is 1.46. The van der Waals surface area contributed by atoms with Gasteiger partial charge >= 0.3 is 0 Å². The number of tetrazole rings is 1. The molecule has 0 aliphatic carbocycles. The van der Waals surface area contributed by atoms with Crippen LogP contribution in [0, 0.1) is 17.7 Å². The van der Waals surface area contributed by atoms with Crippen LogP contribution in [0.25, 0.3) is 5.69 Å². The van der Waals surface area contributed by atoms with E-state index in [4.69, 9.17) is 0 Å². The fourth-order valence-corrected chi connectivity index (χ4v) is 4.77. The summed E-state index contributed by atoms with van der Waals surface area (Å²) in [5.41, 5.74) is 1.74. The Bertz CT molecular complexity index is 1040. The summed E-state index contributed by atoms with van der Waals surface area (Å²) in [6, 6.07) is 16.2. The lowest BCUT2D eigenvalue weighted by atomic mass is 9.89. The van der Waals surface area contributed by atoms with E-state index in [0.29, 0.717) is 19.0 Å². The molecule has 3 atom stereocenters. The molecule has 0 bridgehead atoms. The van der Waals surface area contributed by atoms with Crippen LogP contribution in [0.1, 0.15) is 18.5 Å². The summed E-state index contributed by atoms with van der Waals surface area (Å²) >= 11 is 0. The summed E-state index contributed by atoms with van der Waals surface area (Å²) in [5, 5.41) is 12.3. The third kappa shape index (κ3) is 3.04. The Morgan fingerprint density at radius 3 is 2.66 bits per heavy atom. The largest absolute Gasteiger partial charge is 0.339 e. The highest BCUT2D eigenvalue weighted by atomic mass is 19.1. The summed E-state index contributed by atoms with van der Waals surface area (Å²) in [7, 11) is 0. The maximum Gasteiger partial charge on any atom is 0.250 e. The molecule has 5 rings (SSSR count). The molecular weight excluding hydrogens is 371 g/mol. The SMILES string of the molecule is CC(=O)N1C[C@H]2CN(c3nnnn3-c3ccccc3)C[C@H]2[C@@H]1c1cccc(F)c1. The molecule has 2 saturated heterocycles. The number of hydrogen-bond acceptors (Lipinski definition) is 5. The van der Waals surface area contributed by atoms with Crippen LogP contribution < -0.4 is 4.90 Å². The molecular formula is C21H21FN6O. The number of amides is 1. The number of benzene rings is 2. The van der Waals surface area contributed by atoms with Crippen molar-refractivity contribution in [3.8, 4) is 5.69 Å². The normalized spacial score (nSPS) is 23.4. The number of aromatic nitrogens is 4. The molecule has 8 heteroatoms. The van der Waals surface area contributed by atoms with Gasteiger partial charge in [0.2, 0.25) is 11.9 Å². The second kappa shape index (κ2) is 6.95. The predicted octanol–water partition coefficient (Wildman–Crippen LogP) is 2.46. The maximum absolute atomic E-state index is 13.9. The Hall–Kier alpha value is -3.29. The molecule has 0 radical (unpaired) electrons. The number of halogens is 1. The van der Waals surface area contributed by atoms with Gasteiger partial charge in [-0.1, -0.05) is 35.4 Å². The molecule has 2 aliphatic rings. The number of fused-ring (bicyclic) bond motifs is 1. The number of nitrogens with zero attached hydrogens (tertiary/aromatic N) is 6. The van der Waals surface area contributed by atoms with E-state index >= 15 is 0 Å². The molecule has 0 saturated carbocycles. The number of carbonyl (C=O) groups is 1. The van der Waals surface area contributed by atoms with E-state index in [1.807, 2.05) is 41.3 Å². The van der Waals surface area contributed by atoms with E-state index in [-0.39, 0.29) is 29.6 Å². The van der Waals surface area contributed by atoms with Crippen molar-refractivity contribution in [3.05, 3.63) is 66.0 Å². The van der Waals surface area contributed by atoms with Crippen LogP contribution in [0.2, 0.25) is 0 Å². The van der Waals surface area contributed by atoms with E-state index in [9.17, 15) is 9.18 Å². The fraction of sp³-hybridized carbons (Fsp3) is 0.333. The third-order valence-corrected chi connectivity index (χ3v) is 6.00. The van der Waals surface area contributed by atoms with Crippen molar-refractivity contribution in [1.29, 1.82) is 0 Å². The Labute approximate surface area is 167 Å². The Morgan fingerprint density at radius 2 is 1.90 bits per heavy atom.